The number of amides is 1. The molecule has 0 spiro atoms. The number of aromatic nitrogens is 3. The second-order valence-electron chi connectivity index (χ2n) is 9.76. The molecule has 5 rings (SSSR count). The molecular weight excluding hydrogens is 507 g/mol. The van der Waals surface area contributed by atoms with Crippen molar-refractivity contribution in [1.82, 2.24) is 20.1 Å². The Morgan fingerprint density at radius 2 is 1.87 bits per heavy atom. The molecule has 0 N–H and O–H groups in total. The van der Waals surface area contributed by atoms with E-state index in [2.05, 4.69) is 20.1 Å². The fourth-order valence-electron chi connectivity index (χ4n) is 5.36. The van der Waals surface area contributed by atoms with Crippen molar-refractivity contribution in [2.75, 3.05) is 37.7 Å². The van der Waals surface area contributed by atoms with Crippen LogP contribution in [0.25, 0.3) is 0 Å². The van der Waals surface area contributed by atoms with Crippen LogP contribution >= 0.6 is 11.6 Å². The van der Waals surface area contributed by atoms with Gasteiger partial charge in [-0.25, -0.2) is 9.37 Å². The molecule has 8 nitrogen and oxygen atoms in total. The monoisotopic (exact) mass is 534 g/mol. The highest BCUT2D eigenvalue weighted by Gasteiger charge is 2.39. The summed E-state index contributed by atoms with van der Waals surface area (Å²) in [7, 11) is 0. The number of hydrogen-bond acceptors (Lipinski definition) is 7. The van der Waals surface area contributed by atoms with Gasteiger partial charge in [0, 0.05) is 49.1 Å². The summed E-state index contributed by atoms with van der Waals surface area (Å²) < 4.78 is 18.9. The van der Waals surface area contributed by atoms with Crippen LogP contribution in [-0.2, 0) is 4.79 Å². The van der Waals surface area contributed by atoms with E-state index in [4.69, 9.17) is 21.6 Å². The molecule has 10 heteroatoms. The number of pyridine rings is 1. The van der Waals surface area contributed by atoms with E-state index in [9.17, 15) is 9.18 Å². The van der Waals surface area contributed by atoms with Gasteiger partial charge in [0.05, 0.1) is 12.8 Å². The fraction of sp³-hybridized carbons (Fsp3) is 0.393. The summed E-state index contributed by atoms with van der Waals surface area (Å²) in [5.41, 5.74) is 1.45. The van der Waals surface area contributed by atoms with Crippen molar-refractivity contribution in [3.8, 4) is 11.9 Å². The topological polar surface area (TPSA) is 95.2 Å². The van der Waals surface area contributed by atoms with Gasteiger partial charge in [-0.2, -0.15) is 5.26 Å². The molecule has 1 aromatic carbocycles. The summed E-state index contributed by atoms with van der Waals surface area (Å²) in [4.78, 5) is 21.7. The van der Waals surface area contributed by atoms with Crippen LogP contribution in [0.3, 0.4) is 0 Å². The first kappa shape index (κ1) is 25.9. The molecule has 2 atom stereocenters. The fourth-order valence-corrected chi connectivity index (χ4v) is 5.49. The zero-order valence-electron chi connectivity index (χ0n) is 20.8. The molecule has 2 aliphatic heterocycles. The van der Waals surface area contributed by atoms with Crippen molar-refractivity contribution >= 4 is 23.3 Å². The van der Waals surface area contributed by atoms with Gasteiger partial charge in [0.1, 0.15) is 11.9 Å². The van der Waals surface area contributed by atoms with E-state index in [1.807, 2.05) is 35.2 Å². The van der Waals surface area contributed by atoms with E-state index >= 15 is 0 Å². The van der Waals surface area contributed by atoms with Gasteiger partial charge in [-0.3, -0.25) is 4.79 Å². The lowest BCUT2D eigenvalue weighted by Gasteiger charge is -2.33. The van der Waals surface area contributed by atoms with Crippen LogP contribution in [0.1, 0.15) is 36.4 Å². The van der Waals surface area contributed by atoms with E-state index in [1.165, 1.54) is 12.1 Å². The number of hydrogen-bond donors (Lipinski definition) is 0. The van der Waals surface area contributed by atoms with E-state index in [1.54, 1.807) is 12.1 Å². The van der Waals surface area contributed by atoms with Crippen LogP contribution in [0.5, 0.6) is 5.88 Å². The Bertz CT molecular complexity index is 1270. The molecule has 2 saturated heterocycles. The number of halogens is 2. The van der Waals surface area contributed by atoms with Gasteiger partial charge >= 0.3 is 0 Å². The van der Waals surface area contributed by atoms with Crippen molar-refractivity contribution in [2.24, 2.45) is 11.8 Å². The van der Waals surface area contributed by atoms with Gasteiger partial charge < -0.3 is 14.5 Å². The minimum Gasteiger partial charge on any atom is -0.478 e. The third-order valence-electron chi connectivity index (χ3n) is 7.42. The molecule has 2 aromatic heterocycles. The van der Waals surface area contributed by atoms with Crippen LogP contribution in [0, 0.1) is 29.0 Å². The van der Waals surface area contributed by atoms with E-state index in [-0.39, 0.29) is 29.4 Å². The normalized spacial score (nSPS) is 19.8. The first-order valence-corrected chi connectivity index (χ1v) is 13.2. The number of piperidine rings is 1. The Morgan fingerprint density at radius 3 is 2.53 bits per heavy atom. The molecule has 3 aromatic rings. The van der Waals surface area contributed by atoms with Crippen LogP contribution in [0.15, 0.2) is 54.7 Å². The Balaban J connectivity index is 1.21. The molecule has 0 saturated carbocycles. The highest BCUT2D eigenvalue weighted by molar-refractivity contribution is 6.30. The molecular formula is C28H28ClFN6O2. The number of likely N-dealkylation sites (tertiary alicyclic amines) is 1. The number of ether oxygens (including phenoxy) is 1. The van der Waals surface area contributed by atoms with Crippen LogP contribution < -0.4 is 9.64 Å². The molecule has 2 aliphatic rings. The first-order valence-electron chi connectivity index (χ1n) is 12.8. The zero-order chi connectivity index (χ0) is 26.5. The van der Waals surface area contributed by atoms with Gasteiger partial charge in [0.25, 0.3) is 0 Å². The molecule has 196 valence electrons. The van der Waals surface area contributed by atoms with E-state index in [0.717, 1.165) is 36.8 Å². The average molecular weight is 535 g/mol. The van der Waals surface area contributed by atoms with Crippen LogP contribution in [0.2, 0.25) is 5.02 Å². The standard InChI is InChI=1S/C28H28ClFN6O2/c29-22-3-1-19(2-4-22)25-18-36(17-21(25)11-14-38-27-8-5-23(30)16-32-27)28(37)20-9-12-35(13-10-20)26-7-6-24(15-31)33-34-26/h1-8,16,20-21,25H,9-14,17-18H2/t21-,25+/m0/s1. The Labute approximate surface area is 226 Å². The lowest BCUT2D eigenvalue weighted by molar-refractivity contribution is -0.135. The summed E-state index contributed by atoms with van der Waals surface area (Å²) in [6.45, 7) is 3.18. The lowest BCUT2D eigenvalue weighted by Crippen LogP contribution is -2.42. The summed E-state index contributed by atoms with van der Waals surface area (Å²) in [5, 5.41) is 17.7. The molecule has 0 unspecified atom stereocenters. The zero-order valence-corrected chi connectivity index (χ0v) is 21.6. The number of carbonyl (C=O) groups excluding carboxylic acids is 1. The maximum Gasteiger partial charge on any atom is 0.225 e. The maximum absolute atomic E-state index is 13.6. The second-order valence-corrected chi connectivity index (χ2v) is 10.2. The molecule has 2 fully saturated rings. The molecule has 0 aliphatic carbocycles. The Morgan fingerprint density at radius 1 is 1.08 bits per heavy atom. The quantitative estimate of drug-likeness (QED) is 0.441. The summed E-state index contributed by atoms with van der Waals surface area (Å²) in [5.74, 6) is 1.26. The Hall–Kier alpha value is -3.77. The van der Waals surface area contributed by atoms with Gasteiger partial charge in [0.2, 0.25) is 11.8 Å². The van der Waals surface area contributed by atoms with Crippen molar-refractivity contribution in [3.05, 3.63) is 76.8 Å². The number of nitriles is 1. The molecule has 0 radical (unpaired) electrons. The lowest BCUT2D eigenvalue weighted by atomic mass is 9.87. The number of nitrogens with zero attached hydrogens (tertiary/aromatic N) is 6. The van der Waals surface area contributed by atoms with Crippen molar-refractivity contribution in [1.29, 1.82) is 5.26 Å². The molecule has 1 amide bonds. The predicted octanol–water partition coefficient (Wildman–Crippen LogP) is 4.46. The molecule has 4 heterocycles. The number of anilines is 1. The average Bonchev–Trinajstić information content (AvgIpc) is 3.38. The largest absolute Gasteiger partial charge is 0.478 e. The van der Waals surface area contributed by atoms with Crippen molar-refractivity contribution in [2.45, 2.75) is 25.2 Å². The summed E-state index contributed by atoms with van der Waals surface area (Å²) in [6.07, 6.45) is 3.37. The number of benzene rings is 1. The second kappa shape index (κ2) is 11.7. The predicted molar refractivity (Wildman–Crippen MR) is 140 cm³/mol. The third kappa shape index (κ3) is 6.03. The van der Waals surface area contributed by atoms with Gasteiger partial charge in [0.15, 0.2) is 11.5 Å². The van der Waals surface area contributed by atoms with Gasteiger partial charge in [-0.15, -0.1) is 10.2 Å². The minimum absolute atomic E-state index is 0.0399. The SMILES string of the molecule is N#Cc1ccc(N2CCC(C(=O)N3C[C@H](CCOc4ccc(F)cn4)[C@@H](c4ccc(Cl)cc4)C3)CC2)nn1. The van der Waals surface area contributed by atoms with E-state index in [0.29, 0.717) is 43.7 Å². The third-order valence-corrected chi connectivity index (χ3v) is 7.67. The van der Waals surface area contributed by atoms with Crippen molar-refractivity contribution in [3.63, 3.8) is 0 Å². The van der Waals surface area contributed by atoms with E-state index < -0.39 is 5.82 Å². The van der Waals surface area contributed by atoms with Gasteiger partial charge in [-0.05, 0) is 61.1 Å². The van der Waals surface area contributed by atoms with Gasteiger partial charge in [-0.1, -0.05) is 23.7 Å². The highest BCUT2D eigenvalue weighted by atomic mass is 35.5. The summed E-state index contributed by atoms with van der Waals surface area (Å²) >= 11 is 6.12. The maximum atomic E-state index is 13.6. The molecule has 0 bridgehead atoms. The highest BCUT2D eigenvalue weighted by Crippen LogP contribution is 2.37. The van der Waals surface area contributed by atoms with Crippen molar-refractivity contribution < 1.29 is 13.9 Å². The first-order chi connectivity index (χ1) is 18.5. The van der Waals surface area contributed by atoms with Crippen LogP contribution in [-0.4, -0.2) is 58.8 Å². The van der Waals surface area contributed by atoms with Crippen LogP contribution in [0.4, 0.5) is 10.2 Å². The smallest absolute Gasteiger partial charge is 0.225 e. The number of rotatable bonds is 7. The Kier molecular flexibility index (Phi) is 7.99. The minimum atomic E-state index is -0.402. The summed E-state index contributed by atoms with van der Waals surface area (Å²) in [6, 6.07) is 16.1. The molecule has 38 heavy (non-hydrogen) atoms. The number of carbonyl (C=O) groups is 1.